The highest BCUT2D eigenvalue weighted by Crippen LogP contribution is 2.35. The predicted molar refractivity (Wildman–Crippen MR) is 71.0 cm³/mol. The zero-order valence-electron chi connectivity index (χ0n) is 11.6. The van der Waals surface area contributed by atoms with Crippen molar-refractivity contribution in [2.75, 3.05) is 0 Å². The van der Waals surface area contributed by atoms with Crippen LogP contribution < -0.4 is 0 Å². The van der Waals surface area contributed by atoms with Gasteiger partial charge in [-0.05, 0) is 37.0 Å². The Morgan fingerprint density at radius 2 is 1.67 bits per heavy atom. The van der Waals surface area contributed by atoms with Gasteiger partial charge in [0.25, 0.3) is 0 Å². The van der Waals surface area contributed by atoms with Gasteiger partial charge in [-0.2, -0.15) is 0 Å². The molecule has 0 aromatic carbocycles. The van der Waals surface area contributed by atoms with Gasteiger partial charge < -0.3 is 0 Å². The Labute approximate surface area is 97.2 Å². The molecule has 0 aliphatic rings. The standard InChI is InChI=1S/C15H30/c1-8-10-15(12(5)6)13(7)14(9-2)11(3)4/h12-15H,3,8-10H2,1-2,4-7H3/t13-,14?,15-/m1/s1. The Morgan fingerprint density at radius 3 is 1.93 bits per heavy atom. The molecule has 0 saturated heterocycles. The molecule has 0 aromatic rings. The molecule has 0 amide bonds. The summed E-state index contributed by atoms with van der Waals surface area (Å²) in [6.45, 7) is 18.1. The number of rotatable bonds is 7. The summed E-state index contributed by atoms with van der Waals surface area (Å²) in [5, 5.41) is 0. The molecule has 0 nitrogen and oxygen atoms in total. The van der Waals surface area contributed by atoms with E-state index in [0.717, 1.165) is 17.8 Å². The van der Waals surface area contributed by atoms with Crippen LogP contribution in [0.2, 0.25) is 0 Å². The summed E-state index contributed by atoms with van der Waals surface area (Å²) in [5.41, 5.74) is 1.37. The fourth-order valence-electron chi connectivity index (χ4n) is 3.00. The summed E-state index contributed by atoms with van der Waals surface area (Å²) in [4.78, 5) is 0. The molecule has 0 spiro atoms. The Kier molecular flexibility index (Phi) is 6.96. The molecule has 0 aromatic heterocycles. The molecule has 0 saturated carbocycles. The van der Waals surface area contributed by atoms with Crippen molar-refractivity contribution < 1.29 is 0 Å². The lowest BCUT2D eigenvalue weighted by Crippen LogP contribution is -2.25. The van der Waals surface area contributed by atoms with Gasteiger partial charge in [-0.15, -0.1) is 0 Å². The molecule has 0 N–H and O–H groups in total. The van der Waals surface area contributed by atoms with Gasteiger partial charge in [0.1, 0.15) is 0 Å². The van der Waals surface area contributed by atoms with E-state index in [2.05, 4.69) is 48.1 Å². The first-order valence-corrected chi connectivity index (χ1v) is 6.60. The Morgan fingerprint density at radius 1 is 1.13 bits per heavy atom. The summed E-state index contributed by atoms with van der Waals surface area (Å²) in [6.07, 6.45) is 3.91. The normalized spacial score (nSPS) is 17.5. The summed E-state index contributed by atoms with van der Waals surface area (Å²) in [7, 11) is 0. The van der Waals surface area contributed by atoms with Crippen LogP contribution in [0.4, 0.5) is 0 Å². The number of allylic oxidation sites excluding steroid dienone is 1. The van der Waals surface area contributed by atoms with Crippen LogP contribution in [0.3, 0.4) is 0 Å². The highest BCUT2D eigenvalue weighted by Gasteiger charge is 2.26. The average molecular weight is 210 g/mol. The molecule has 0 fully saturated rings. The van der Waals surface area contributed by atoms with Crippen molar-refractivity contribution in [2.45, 2.75) is 60.8 Å². The fraction of sp³-hybridized carbons (Fsp3) is 0.867. The maximum Gasteiger partial charge on any atom is -0.0183 e. The molecule has 1 unspecified atom stereocenters. The van der Waals surface area contributed by atoms with E-state index >= 15 is 0 Å². The van der Waals surface area contributed by atoms with Crippen molar-refractivity contribution in [3.05, 3.63) is 12.2 Å². The zero-order valence-corrected chi connectivity index (χ0v) is 11.6. The smallest absolute Gasteiger partial charge is 0.0183 e. The van der Waals surface area contributed by atoms with Crippen LogP contribution in [0.15, 0.2) is 12.2 Å². The third-order valence-electron chi connectivity index (χ3n) is 3.86. The van der Waals surface area contributed by atoms with E-state index in [1.165, 1.54) is 24.8 Å². The van der Waals surface area contributed by atoms with Crippen molar-refractivity contribution in [2.24, 2.45) is 23.7 Å². The quantitative estimate of drug-likeness (QED) is 0.500. The first-order valence-electron chi connectivity index (χ1n) is 6.60. The second-order valence-corrected chi connectivity index (χ2v) is 5.42. The number of hydrogen-bond donors (Lipinski definition) is 0. The first kappa shape index (κ1) is 14.7. The minimum atomic E-state index is 0.712. The molecule has 3 atom stereocenters. The Balaban J connectivity index is 4.58. The summed E-state index contributed by atoms with van der Waals surface area (Å²) >= 11 is 0. The second kappa shape index (κ2) is 7.09. The van der Waals surface area contributed by atoms with E-state index in [9.17, 15) is 0 Å². The van der Waals surface area contributed by atoms with E-state index < -0.39 is 0 Å². The van der Waals surface area contributed by atoms with Gasteiger partial charge in [0, 0.05) is 0 Å². The van der Waals surface area contributed by atoms with Crippen LogP contribution in [-0.4, -0.2) is 0 Å². The lowest BCUT2D eigenvalue weighted by atomic mass is 9.72. The average Bonchev–Trinajstić information content (AvgIpc) is 2.13. The third kappa shape index (κ3) is 4.40. The SMILES string of the molecule is C=C(C)C(CC)[C@@H](C)[C@H](CCC)C(C)C. The van der Waals surface area contributed by atoms with E-state index in [1.807, 2.05) is 0 Å². The van der Waals surface area contributed by atoms with Gasteiger partial charge in [0.2, 0.25) is 0 Å². The van der Waals surface area contributed by atoms with Crippen molar-refractivity contribution in [3.8, 4) is 0 Å². The maximum atomic E-state index is 4.15. The highest BCUT2D eigenvalue weighted by atomic mass is 14.3. The second-order valence-electron chi connectivity index (χ2n) is 5.42. The lowest BCUT2D eigenvalue weighted by molar-refractivity contribution is 0.196. The Hall–Kier alpha value is -0.260. The van der Waals surface area contributed by atoms with Gasteiger partial charge in [-0.3, -0.25) is 0 Å². The molecular formula is C15H30. The molecule has 0 bridgehead atoms. The van der Waals surface area contributed by atoms with Crippen LogP contribution in [-0.2, 0) is 0 Å². The van der Waals surface area contributed by atoms with Crippen molar-refractivity contribution in [3.63, 3.8) is 0 Å². The minimum absolute atomic E-state index is 0.712. The van der Waals surface area contributed by atoms with Crippen LogP contribution >= 0.6 is 0 Å². The van der Waals surface area contributed by atoms with Gasteiger partial charge >= 0.3 is 0 Å². The van der Waals surface area contributed by atoms with E-state index in [-0.39, 0.29) is 0 Å². The van der Waals surface area contributed by atoms with E-state index in [0.29, 0.717) is 5.92 Å². The molecular weight excluding hydrogens is 180 g/mol. The van der Waals surface area contributed by atoms with Gasteiger partial charge in [-0.25, -0.2) is 0 Å². The maximum absolute atomic E-state index is 4.15. The van der Waals surface area contributed by atoms with Gasteiger partial charge in [0.15, 0.2) is 0 Å². The first-order chi connectivity index (χ1) is 6.95. The summed E-state index contributed by atoms with van der Waals surface area (Å²) in [5.74, 6) is 3.15. The molecule has 0 aliphatic carbocycles. The van der Waals surface area contributed by atoms with Crippen LogP contribution in [0.25, 0.3) is 0 Å². The molecule has 0 aliphatic heterocycles. The van der Waals surface area contributed by atoms with Crippen molar-refractivity contribution in [1.82, 2.24) is 0 Å². The van der Waals surface area contributed by atoms with Crippen molar-refractivity contribution in [1.29, 1.82) is 0 Å². The fourth-order valence-corrected chi connectivity index (χ4v) is 3.00. The van der Waals surface area contributed by atoms with Gasteiger partial charge in [0.05, 0.1) is 0 Å². The van der Waals surface area contributed by atoms with Crippen LogP contribution in [0.1, 0.15) is 60.8 Å². The third-order valence-corrected chi connectivity index (χ3v) is 3.86. The summed E-state index contributed by atoms with van der Waals surface area (Å²) in [6, 6.07) is 0. The predicted octanol–water partition coefficient (Wildman–Crippen LogP) is 5.30. The Bertz CT molecular complexity index is 178. The molecule has 0 radical (unpaired) electrons. The summed E-state index contributed by atoms with van der Waals surface area (Å²) < 4.78 is 0. The van der Waals surface area contributed by atoms with E-state index in [4.69, 9.17) is 0 Å². The molecule has 0 rings (SSSR count). The van der Waals surface area contributed by atoms with Gasteiger partial charge in [-0.1, -0.05) is 59.6 Å². The molecule has 90 valence electrons. The van der Waals surface area contributed by atoms with E-state index in [1.54, 1.807) is 0 Å². The molecule has 15 heavy (non-hydrogen) atoms. The van der Waals surface area contributed by atoms with Crippen LogP contribution in [0, 0.1) is 23.7 Å². The van der Waals surface area contributed by atoms with Crippen LogP contribution in [0.5, 0.6) is 0 Å². The lowest BCUT2D eigenvalue weighted by Gasteiger charge is -2.33. The topological polar surface area (TPSA) is 0 Å². The number of hydrogen-bond acceptors (Lipinski definition) is 0. The van der Waals surface area contributed by atoms with Crippen molar-refractivity contribution >= 4 is 0 Å². The molecule has 0 heteroatoms. The largest absolute Gasteiger partial charge is 0.0999 e. The highest BCUT2D eigenvalue weighted by molar-refractivity contribution is 4.99. The monoisotopic (exact) mass is 210 g/mol. The zero-order chi connectivity index (χ0) is 12.0. The molecule has 0 heterocycles. The minimum Gasteiger partial charge on any atom is -0.0999 e.